The lowest BCUT2D eigenvalue weighted by atomic mass is 9.82. The summed E-state index contributed by atoms with van der Waals surface area (Å²) in [5.74, 6) is 0.614. The Labute approximate surface area is 166 Å². The van der Waals surface area contributed by atoms with Crippen LogP contribution in [0.2, 0.25) is 0 Å². The number of nitrogens with one attached hydrogen (secondary N) is 2. The summed E-state index contributed by atoms with van der Waals surface area (Å²) in [5.41, 5.74) is 1.08. The predicted octanol–water partition coefficient (Wildman–Crippen LogP) is 1.47. The Kier molecular flexibility index (Phi) is 5.29. The van der Waals surface area contributed by atoms with E-state index in [0.717, 1.165) is 25.9 Å². The van der Waals surface area contributed by atoms with Crippen LogP contribution >= 0.6 is 0 Å². The van der Waals surface area contributed by atoms with Crippen molar-refractivity contribution in [3.8, 4) is 0 Å². The number of rotatable bonds is 6. The summed E-state index contributed by atoms with van der Waals surface area (Å²) in [5, 5.41) is 15.7. The number of nitrogens with zero attached hydrogens (tertiary/aromatic N) is 2. The van der Waals surface area contributed by atoms with Gasteiger partial charge in [0.15, 0.2) is 0 Å². The van der Waals surface area contributed by atoms with Crippen LogP contribution < -0.4 is 10.6 Å². The van der Waals surface area contributed by atoms with Crippen molar-refractivity contribution in [2.24, 2.45) is 0 Å². The average molecular weight is 386 g/mol. The van der Waals surface area contributed by atoms with Gasteiger partial charge in [-0.2, -0.15) is 0 Å². The molecule has 3 N–H and O–H groups in total. The van der Waals surface area contributed by atoms with Gasteiger partial charge in [-0.05, 0) is 24.8 Å². The quantitative estimate of drug-likeness (QED) is 0.689. The van der Waals surface area contributed by atoms with Crippen molar-refractivity contribution >= 4 is 12.0 Å². The predicted molar refractivity (Wildman–Crippen MR) is 106 cm³/mol. The number of carbonyl (C=O) groups is 2. The summed E-state index contributed by atoms with van der Waals surface area (Å²) in [7, 11) is 1.64. The number of hydrogen-bond donors (Lipinski definition) is 3. The number of carboxylic acid groups (broad SMARTS) is 1. The highest BCUT2D eigenvalue weighted by Crippen LogP contribution is 2.41. The summed E-state index contributed by atoms with van der Waals surface area (Å²) in [6.07, 6.45) is 2.76. The summed E-state index contributed by atoms with van der Waals surface area (Å²) in [6, 6.07) is 11.8. The van der Waals surface area contributed by atoms with Gasteiger partial charge in [-0.25, -0.2) is 4.79 Å². The number of hydrogen-bond acceptors (Lipinski definition) is 4. The molecule has 2 aliphatic heterocycles. The highest BCUT2D eigenvalue weighted by atomic mass is 16.4. The molecule has 0 aromatic heterocycles. The zero-order valence-electron chi connectivity index (χ0n) is 16.4. The second-order valence-corrected chi connectivity index (χ2v) is 8.50. The van der Waals surface area contributed by atoms with E-state index in [1.165, 1.54) is 16.9 Å². The molecule has 1 aliphatic carbocycles. The molecule has 4 rings (SSSR count). The fourth-order valence-corrected chi connectivity index (χ4v) is 4.88. The highest BCUT2D eigenvalue weighted by Gasteiger charge is 2.51. The first kappa shape index (κ1) is 19.2. The Bertz CT molecular complexity index is 712. The smallest absolute Gasteiger partial charge is 0.407 e. The SMILES string of the molecule is CNC(=O)CC1(N2CCC(N[C@@H]3C[C@H]3c3ccccc3)CC2)CN(C(=O)O)C1. The van der Waals surface area contributed by atoms with Crippen LogP contribution in [0.25, 0.3) is 0 Å². The Morgan fingerprint density at radius 1 is 1.18 bits per heavy atom. The number of piperidine rings is 1. The first-order valence-corrected chi connectivity index (χ1v) is 10.3. The number of likely N-dealkylation sites (tertiary alicyclic amines) is 2. The van der Waals surface area contributed by atoms with Crippen LogP contribution in [-0.2, 0) is 4.79 Å². The molecule has 2 amide bonds. The molecule has 3 fully saturated rings. The van der Waals surface area contributed by atoms with E-state index in [0.29, 0.717) is 37.5 Å². The molecule has 0 spiro atoms. The summed E-state index contributed by atoms with van der Waals surface area (Å²) < 4.78 is 0. The van der Waals surface area contributed by atoms with Crippen LogP contribution in [0.4, 0.5) is 4.79 Å². The lowest BCUT2D eigenvalue weighted by Gasteiger charge is -2.56. The molecule has 28 heavy (non-hydrogen) atoms. The van der Waals surface area contributed by atoms with E-state index in [1.807, 2.05) is 0 Å². The second-order valence-electron chi connectivity index (χ2n) is 8.50. The van der Waals surface area contributed by atoms with Crippen molar-refractivity contribution in [1.29, 1.82) is 0 Å². The van der Waals surface area contributed by atoms with Gasteiger partial charge in [-0.1, -0.05) is 30.3 Å². The Morgan fingerprint density at radius 3 is 2.46 bits per heavy atom. The van der Waals surface area contributed by atoms with E-state index in [9.17, 15) is 14.7 Å². The molecule has 7 nitrogen and oxygen atoms in total. The fraction of sp³-hybridized carbons (Fsp3) is 0.619. The molecular formula is C21H30N4O3. The first-order valence-electron chi connectivity index (χ1n) is 10.3. The fourth-order valence-electron chi connectivity index (χ4n) is 4.88. The van der Waals surface area contributed by atoms with Crippen LogP contribution in [0, 0.1) is 0 Å². The van der Waals surface area contributed by atoms with Gasteiger partial charge in [-0.3, -0.25) is 9.69 Å². The van der Waals surface area contributed by atoms with Crippen molar-refractivity contribution in [2.75, 3.05) is 33.2 Å². The van der Waals surface area contributed by atoms with Gasteiger partial charge >= 0.3 is 6.09 Å². The molecule has 1 saturated carbocycles. The lowest BCUT2D eigenvalue weighted by molar-refractivity contribution is -0.129. The summed E-state index contributed by atoms with van der Waals surface area (Å²) in [4.78, 5) is 27.0. The summed E-state index contributed by atoms with van der Waals surface area (Å²) in [6.45, 7) is 2.66. The number of benzene rings is 1. The van der Waals surface area contributed by atoms with Gasteiger partial charge in [0.1, 0.15) is 0 Å². The zero-order valence-corrected chi connectivity index (χ0v) is 16.4. The van der Waals surface area contributed by atoms with Crippen molar-refractivity contribution in [2.45, 2.75) is 49.2 Å². The topological polar surface area (TPSA) is 84.9 Å². The van der Waals surface area contributed by atoms with Crippen molar-refractivity contribution in [3.05, 3.63) is 35.9 Å². The first-order chi connectivity index (χ1) is 13.5. The monoisotopic (exact) mass is 386 g/mol. The Hall–Kier alpha value is -2.12. The van der Waals surface area contributed by atoms with E-state index in [2.05, 4.69) is 45.9 Å². The Morgan fingerprint density at radius 2 is 1.86 bits per heavy atom. The molecule has 0 bridgehead atoms. The number of amides is 2. The lowest BCUT2D eigenvalue weighted by Crippen LogP contribution is -2.73. The van der Waals surface area contributed by atoms with Gasteiger partial charge in [0.05, 0.1) is 5.54 Å². The van der Waals surface area contributed by atoms with E-state index >= 15 is 0 Å². The van der Waals surface area contributed by atoms with Gasteiger partial charge in [0.2, 0.25) is 5.91 Å². The van der Waals surface area contributed by atoms with Gasteiger partial charge in [0, 0.05) is 57.6 Å². The molecule has 2 heterocycles. The standard InChI is InChI=1S/C21H30N4O3/c1-22-19(26)12-21(13-24(14-21)20(27)28)25-9-7-16(8-10-25)23-18-11-17(18)15-5-3-2-4-6-15/h2-6,16-18,23H,7-14H2,1H3,(H,22,26)(H,27,28)/t17-,18+/m0/s1. The molecule has 1 aromatic rings. The van der Waals surface area contributed by atoms with Crippen molar-refractivity contribution in [1.82, 2.24) is 20.4 Å². The minimum absolute atomic E-state index is 0.0195. The summed E-state index contributed by atoms with van der Waals surface area (Å²) >= 11 is 0. The molecule has 0 radical (unpaired) electrons. The maximum absolute atomic E-state index is 12.0. The minimum Gasteiger partial charge on any atom is -0.465 e. The third kappa shape index (κ3) is 3.86. The van der Waals surface area contributed by atoms with Crippen LogP contribution in [0.3, 0.4) is 0 Å². The van der Waals surface area contributed by atoms with E-state index in [1.54, 1.807) is 7.05 Å². The van der Waals surface area contributed by atoms with Gasteiger partial charge in [-0.15, -0.1) is 0 Å². The van der Waals surface area contributed by atoms with Gasteiger partial charge < -0.3 is 20.6 Å². The van der Waals surface area contributed by atoms with E-state index < -0.39 is 6.09 Å². The van der Waals surface area contributed by atoms with Crippen LogP contribution in [0.1, 0.15) is 37.2 Å². The minimum atomic E-state index is -0.898. The molecule has 2 saturated heterocycles. The third-order valence-electron chi connectivity index (χ3n) is 6.64. The third-order valence-corrected chi connectivity index (χ3v) is 6.64. The maximum atomic E-state index is 12.0. The number of carbonyl (C=O) groups excluding carboxylic acids is 1. The normalized spacial score (nSPS) is 27.1. The largest absolute Gasteiger partial charge is 0.465 e. The van der Waals surface area contributed by atoms with Crippen molar-refractivity contribution < 1.29 is 14.7 Å². The van der Waals surface area contributed by atoms with Crippen molar-refractivity contribution in [3.63, 3.8) is 0 Å². The van der Waals surface area contributed by atoms with Gasteiger partial charge in [0.25, 0.3) is 0 Å². The molecule has 0 unspecified atom stereocenters. The van der Waals surface area contributed by atoms with Crippen LogP contribution in [0.5, 0.6) is 0 Å². The average Bonchev–Trinajstić information content (AvgIpc) is 3.44. The highest BCUT2D eigenvalue weighted by molar-refractivity contribution is 5.78. The molecule has 7 heteroatoms. The second kappa shape index (κ2) is 7.72. The molecular weight excluding hydrogens is 356 g/mol. The molecule has 152 valence electrons. The Balaban J connectivity index is 1.29. The van der Waals surface area contributed by atoms with Crippen LogP contribution in [-0.4, -0.2) is 77.8 Å². The molecule has 3 aliphatic rings. The van der Waals surface area contributed by atoms with Crippen LogP contribution in [0.15, 0.2) is 30.3 Å². The maximum Gasteiger partial charge on any atom is 0.407 e. The van der Waals surface area contributed by atoms with E-state index in [4.69, 9.17) is 0 Å². The molecule has 1 aromatic carbocycles. The van der Waals surface area contributed by atoms with E-state index in [-0.39, 0.29) is 11.4 Å². The molecule has 2 atom stereocenters. The zero-order chi connectivity index (χ0) is 19.7.